The lowest BCUT2D eigenvalue weighted by Crippen LogP contribution is -2.03. The standard InChI is InChI=1S/C10H10N2O/c1-3-5-8(4-2)9(13)10-11-6-7-12-10/h3-7H,1-2H2,(H,11,12)/b8-5+. The molecule has 0 saturated heterocycles. The lowest BCUT2D eigenvalue weighted by atomic mass is 10.1. The van der Waals surface area contributed by atoms with Crippen molar-refractivity contribution in [1.82, 2.24) is 9.97 Å². The van der Waals surface area contributed by atoms with Gasteiger partial charge in [-0.3, -0.25) is 4.79 Å². The molecule has 1 aromatic heterocycles. The first kappa shape index (κ1) is 9.19. The van der Waals surface area contributed by atoms with E-state index in [1.807, 2.05) is 0 Å². The number of aromatic amines is 1. The number of aromatic nitrogens is 2. The SMILES string of the molecule is C=C/C=C(\C=C)C(=O)c1ncc[nH]1. The second-order valence-electron chi connectivity index (χ2n) is 2.33. The fourth-order valence-electron chi connectivity index (χ4n) is 0.890. The number of carbonyl (C=O) groups excluding carboxylic acids is 1. The number of imidazole rings is 1. The zero-order chi connectivity index (χ0) is 9.68. The highest BCUT2D eigenvalue weighted by Crippen LogP contribution is 2.04. The third kappa shape index (κ3) is 2.02. The Bertz CT molecular complexity index is 347. The largest absolute Gasteiger partial charge is 0.342 e. The van der Waals surface area contributed by atoms with Gasteiger partial charge in [0.15, 0.2) is 5.82 Å². The second-order valence-corrected chi connectivity index (χ2v) is 2.33. The van der Waals surface area contributed by atoms with Crippen molar-refractivity contribution >= 4 is 5.78 Å². The van der Waals surface area contributed by atoms with Crippen molar-refractivity contribution in [3.8, 4) is 0 Å². The van der Waals surface area contributed by atoms with Crippen LogP contribution in [0, 0.1) is 0 Å². The maximum atomic E-state index is 11.5. The Hall–Kier alpha value is -1.90. The summed E-state index contributed by atoms with van der Waals surface area (Å²) in [6, 6.07) is 0. The number of ketones is 1. The Morgan fingerprint density at radius 1 is 1.54 bits per heavy atom. The summed E-state index contributed by atoms with van der Waals surface area (Å²) in [5, 5.41) is 0. The smallest absolute Gasteiger partial charge is 0.228 e. The van der Waals surface area contributed by atoms with Crippen molar-refractivity contribution in [2.45, 2.75) is 0 Å². The topological polar surface area (TPSA) is 45.8 Å². The molecule has 0 amide bonds. The van der Waals surface area contributed by atoms with E-state index in [4.69, 9.17) is 0 Å². The average molecular weight is 174 g/mol. The summed E-state index contributed by atoms with van der Waals surface area (Å²) >= 11 is 0. The highest BCUT2D eigenvalue weighted by atomic mass is 16.1. The van der Waals surface area contributed by atoms with Gasteiger partial charge in [-0.2, -0.15) is 0 Å². The van der Waals surface area contributed by atoms with E-state index in [0.29, 0.717) is 11.4 Å². The molecule has 0 aliphatic heterocycles. The summed E-state index contributed by atoms with van der Waals surface area (Å²) in [5.74, 6) is 0.132. The molecule has 1 heterocycles. The van der Waals surface area contributed by atoms with E-state index in [-0.39, 0.29) is 5.78 Å². The quantitative estimate of drug-likeness (QED) is 0.430. The number of nitrogens with one attached hydrogen (secondary N) is 1. The fraction of sp³-hybridized carbons (Fsp3) is 0. The Labute approximate surface area is 76.5 Å². The van der Waals surface area contributed by atoms with Gasteiger partial charge in [-0.15, -0.1) is 0 Å². The molecule has 0 aliphatic carbocycles. The van der Waals surface area contributed by atoms with E-state index in [2.05, 4.69) is 23.1 Å². The Morgan fingerprint density at radius 2 is 2.31 bits per heavy atom. The summed E-state index contributed by atoms with van der Waals surface area (Å²) < 4.78 is 0. The minimum absolute atomic E-state index is 0.181. The fourth-order valence-corrected chi connectivity index (χ4v) is 0.890. The van der Waals surface area contributed by atoms with Crippen molar-refractivity contribution in [1.29, 1.82) is 0 Å². The van der Waals surface area contributed by atoms with Crippen LogP contribution in [0.1, 0.15) is 10.6 Å². The van der Waals surface area contributed by atoms with Crippen LogP contribution in [0.2, 0.25) is 0 Å². The molecular formula is C10H10N2O. The first-order valence-electron chi connectivity index (χ1n) is 3.79. The van der Waals surface area contributed by atoms with Gasteiger partial charge >= 0.3 is 0 Å². The molecule has 0 unspecified atom stereocenters. The van der Waals surface area contributed by atoms with E-state index < -0.39 is 0 Å². The van der Waals surface area contributed by atoms with Crippen LogP contribution in [0.3, 0.4) is 0 Å². The van der Waals surface area contributed by atoms with Gasteiger partial charge in [-0.25, -0.2) is 4.98 Å². The molecule has 13 heavy (non-hydrogen) atoms. The van der Waals surface area contributed by atoms with E-state index >= 15 is 0 Å². The van der Waals surface area contributed by atoms with Crippen LogP contribution in [0.15, 0.2) is 49.4 Å². The Kier molecular flexibility index (Phi) is 2.97. The minimum atomic E-state index is -0.181. The van der Waals surface area contributed by atoms with Crippen LogP contribution in [0.25, 0.3) is 0 Å². The van der Waals surface area contributed by atoms with Gasteiger partial charge in [0.2, 0.25) is 5.78 Å². The third-order valence-electron chi connectivity index (χ3n) is 1.49. The molecule has 3 nitrogen and oxygen atoms in total. The Balaban J connectivity index is 2.95. The van der Waals surface area contributed by atoms with Gasteiger partial charge in [-0.1, -0.05) is 31.4 Å². The highest BCUT2D eigenvalue weighted by Gasteiger charge is 2.10. The summed E-state index contributed by atoms with van der Waals surface area (Å²) in [6.45, 7) is 7.04. The van der Waals surface area contributed by atoms with Crippen LogP contribution in [-0.4, -0.2) is 15.8 Å². The third-order valence-corrected chi connectivity index (χ3v) is 1.49. The van der Waals surface area contributed by atoms with E-state index in [0.717, 1.165) is 0 Å². The number of H-pyrrole nitrogens is 1. The number of Topliss-reactive ketones (excluding diaryl/α,β-unsaturated/α-hetero) is 1. The molecule has 0 fully saturated rings. The van der Waals surface area contributed by atoms with Crippen molar-refractivity contribution in [2.75, 3.05) is 0 Å². The second kappa shape index (κ2) is 4.21. The van der Waals surface area contributed by atoms with E-state index in [1.54, 1.807) is 12.3 Å². The zero-order valence-corrected chi connectivity index (χ0v) is 7.16. The molecule has 0 atom stereocenters. The highest BCUT2D eigenvalue weighted by molar-refractivity contribution is 6.08. The molecule has 1 N–H and O–H groups in total. The maximum absolute atomic E-state index is 11.5. The van der Waals surface area contributed by atoms with Crippen LogP contribution in [-0.2, 0) is 0 Å². The minimum Gasteiger partial charge on any atom is -0.342 e. The number of hydrogen-bond acceptors (Lipinski definition) is 2. The van der Waals surface area contributed by atoms with E-state index in [9.17, 15) is 4.79 Å². The molecule has 0 bridgehead atoms. The molecule has 1 aromatic rings. The zero-order valence-electron chi connectivity index (χ0n) is 7.16. The van der Waals surface area contributed by atoms with Crippen LogP contribution in [0.5, 0.6) is 0 Å². The first-order chi connectivity index (χ1) is 6.29. The van der Waals surface area contributed by atoms with Crippen molar-refractivity contribution in [2.24, 2.45) is 0 Å². The predicted molar refractivity (Wildman–Crippen MR) is 51.4 cm³/mol. The molecule has 0 spiro atoms. The van der Waals surface area contributed by atoms with Crippen molar-refractivity contribution in [3.05, 3.63) is 55.2 Å². The van der Waals surface area contributed by atoms with Crippen molar-refractivity contribution < 1.29 is 4.79 Å². The molecule has 66 valence electrons. The Morgan fingerprint density at radius 3 is 2.77 bits per heavy atom. The van der Waals surface area contributed by atoms with Gasteiger partial charge in [0.25, 0.3) is 0 Å². The number of rotatable bonds is 4. The molecule has 0 saturated carbocycles. The van der Waals surface area contributed by atoms with Gasteiger partial charge in [0.1, 0.15) is 0 Å². The van der Waals surface area contributed by atoms with Gasteiger partial charge in [0.05, 0.1) is 0 Å². The average Bonchev–Trinajstić information content (AvgIpc) is 2.65. The van der Waals surface area contributed by atoms with Gasteiger partial charge in [0, 0.05) is 18.0 Å². The lowest BCUT2D eigenvalue weighted by Gasteiger charge is -1.95. The number of nitrogens with zero attached hydrogens (tertiary/aromatic N) is 1. The van der Waals surface area contributed by atoms with Gasteiger partial charge < -0.3 is 4.98 Å². The predicted octanol–water partition coefficient (Wildman–Crippen LogP) is 1.89. The lowest BCUT2D eigenvalue weighted by molar-refractivity contribution is 0.102. The monoisotopic (exact) mass is 174 g/mol. The summed E-state index contributed by atoms with van der Waals surface area (Å²) in [6.07, 6.45) is 7.74. The molecule has 1 rings (SSSR count). The summed E-state index contributed by atoms with van der Waals surface area (Å²) in [7, 11) is 0. The van der Waals surface area contributed by atoms with E-state index in [1.165, 1.54) is 18.3 Å². The molecular weight excluding hydrogens is 164 g/mol. The molecule has 0 aliphatic rings. The van der Waals surface area contributed by atoms with Crippen LogP contribution >= 0.6 is 0 Å². The maximum Gasteiger partial charge on any atom is 0.228 e. The molecule has 3 heteroatoms. The molecule has 0 radical (unpaired) electrons. The summed E-state index contributed by atoms with van der Waals surface area (Å²) in [5.41, 5.74) is 0.477. The number of allylic oxidation sites excluding steroid dienone is 4. The van der Waals surface area contributed by atoms with Crippen molar-refractivity contribution in [3.63, 3.8) is 0 Å². The normalized spacial score (nSPS) is 10.9. The number of carbonyl (C=O) groups is 1. The van der Waals surface area contributed by atoms with Gasteiger partial charge in [-0.05, 0) is 0 Å². The molecule has 0 aromatic carbocycles. The van der Waals surface area contributed by atoms with Crippen LogP contribution in [0.4, 0.5) is 0 Å². The summed E-state index contributed by atoms with van der Waals surface area (Å²) in [4.78, 5) is 18.1. The van der Waals surface area contributed by atoms with Crippen LogP contribution < -0.4 is 0 Å². The number of hydrogen-bond donors (Lipinski definition) is 1. The first-order valence-corrected chi connectivity index (χ1v) is 3.79.